The van der Waals surface area contributed by atoms with Gasteiger partial charge in [0.05, 0.1) is 16.7 Å². The number of nitrogens with zero attached hydrogens (tertiary/aromatic N) is 1. The number of hydrogen-bond donors (Lipinski definition) is 1. The average molecular weight is 374 g/mol. The molecule has 138 valence electrons. The van der Waals surface area contributed by atoms with Crippen molar-refractivity contribution in [2.24, 2.45) is 0 Å². The van der Waals surface area contributed by atoms with Crippen LogP contribution >= 0.6 is 0 Å². The van der Waals surface area contributed by atoms with E-state index >= 15 is 0 Å². The fourth-order valence-corrected chi connectivity index (χ4v) is 4.64. The van der Waals surface area contributed by atoms with Gasteiger partial charge in [-0.2, -0.15) is 0 Å². The number of amides is 2. The summed E-state index contributed by atoms with van der Waals surface area (Å²) >= 11 is 0. The molecule has 2 aromatic rings. The van der Waals surface area contributed by atoms with E-state index in [1.165, 1.54) is 0 Å². The molecule has 7 heteroatoms. The number of carbonyl (C=O) groups is 1. The standard InChI is InChI=1S/C19H22N2O4S/c22-19(20-12-14-25-16-7-3-1-4-8-16)21-13-11-18(15-21)26(23,24)17-9-5-2-6-10-17/h1-10,18H,11-15H2,(H,20,22). The van der Waals surface area contributed by atoms with E-state index in [9.17, 15) is 13.2 Å². The van der Waals surface area contributed by atoms with Crippen LogP contribution in [0.15, 0.2) is 65.6 Å². The Balaban J connectivity index is 1.47. The number of nitrogens with one attached hydrogen (secondary N) is 1. The van der Waals surface area contributed by atoms with Crippen LogP contribution in [-0.4, -0.2) is 50.8 Å². The Morgan fingerprint density at radius 1 is 1.08 bits per heavy atom. The zero-order valence-corrected chi connectivity index (χ0v) is 15.2. The molecule has 6 nitrogen and oxygen atoms in total. The van der Waals surface area contributed by atoms with Gasteiger partial charge in [0.25, 0.3) is 0 Å². The summed E-state index contributed by atoms with van der Waals surface area (Å²) in [6.07, 6.45) is 0.450. The Morgan fingerprint density at radius 2 is 1.73 bits per heavy atom. The van der Waals surface area contributed by atoms with Gasteiger partial charge in [-0.05, 0) is 30.7 Å². The second kappa shape index (κ2) is 8.23. The first-order chi connectivity index (χ1) is 12.6. The molecular formula is C19H22N2O4S. The van der Waals surface area contributed by atoms with Gasteiger partial charge in [0.1, 0.15) is 12.4 Å². The number of urea groups is 1. The third kappa shape index (κ3) is 4.35. The number of hydrogen-bond acceptors (Lipinski definition) is 4. The van der Waals surface area contributed by atoms with E-state index in [4.69, 9.17) is 4.74 Å². The lowest BCUT2D eigenvalue weighted by Crippen LogP contribution is -2.41. The normalized spacial score (nSPS) is 17.1. The predicted molar refractivity (Wildman–Crippen MR) is 98.9 cm³/mol. The summed E-state index contributed by atoms with van der Waals surface area (Å²) in [7, 11) is -3.41. The Kier molecular flexibility index (Phi) is 5.78. The molecule has 1 heterocycles. The molecule has 0 saturated carbocycles. The second-order valence-corrected chi connectivity index (χ2v) is 8.34. The molecule has 0 radical (unpaired) electrons. The number of sulfone groups is 1. The molecule has 1 atom stereocenters. The van der Waals surface area contributed by atoms with Gasteiger partial charge in [0.15, 0.2) is 9.84 Å². The van der Waals surface area contributed by atoms with Crippen LogP contribution in [-0.2, 0) is 9.84 Å². The molecule has 1 unspecified atom stereocenters. The molecule has 1 saturated heterocycles. The molecule has 26 heavy (non-hydrogen) atoms. The third-order valence-corrected chi connectivity index (χ3v) is 6.52. The lowest BCUT2D eigenvalue weighted by molar-refractivity contribution is 0.205. The highest BCUT2D eigenvalue weighted by Crippen LogP contribution is 2.23. The number of para-hydroxylation sites is 1. The minimum atomic E-state index is -3.41. The summed E-state index contributed by atoms with van der Waals surface area (Å²) in [5.41, 5.74) is 0. The van der Waals surface area contributed by atoms with Gasteiger partial charge in [-0.1, -0.05) is 36.4 Å². The van der Waals surface area contributed by atoms with Crippen LogP contribution in [0, 0.1) is 0 Å². The molecule has 0 aromatic heterocycles. The summed E-state index contributed by atoms with van der Waals surface area (Å²) in [6, 6.07) is 17.5. The predicted octanol–water partition coefficient (Wildman–Crippen LogP) is 2.32. The molecule has 0 spiro atoms. The highest BCUT2D eigenvalue weighted by Gasteiger charge is 2.35. The Bertz CT molecular complexity index is 825. The van der Waals surface area contributed by atoms with E-state index < -0.39 is 15.1 Å². The van der Waals surface area contributed by atoms with Crippen molar-refractivity contribution in [3.05, 3.63) is 60.7 Å². The molecule has 1 aliphatic heterocycles. The van der Waals surface area contributed by atoms with Crippen LogP contribution in [0.25, 0.3) is 0 Å². The first-order valence-corrected chi connectivity index (χ1v) is 10.1. The zero-order chi connectivity index (χ0) is 18.4. The number of carbonyl (C=O) groups excluding carboxylic acids is 1. The first-order valence-electron chi connectivity index (χ1n) is 8.57. The van der Waals surface area contributed by atoms with Crippen molar-refractivity contribution >= 4 is 15.9 Å². The van der Waals surface area contributed by atoms with E-state index in [-0.39, 0.29) is 12.6 Å². The maximum absolute atomic E-state index is 12.6. The highest BCUT2D eigenvalue weighted by atomic mass is 32.2. The Morgan fingerprint density at radius 3 is 2.42 bits per heavy atom. The molecule has 0 bridgehead atoms. The van der Waals surface area contributed by atoms with Gasteiger partial charge in [-0.3, -0.25) is 0 Å². The van der Waals surface area contributed by atoms with Gasteiger partial charge in [-0.15, -0.1) is 0 Å². The summed E-state index contributed by atoms with van der Waals surface area (Å²) in [6.45, 7) is 1.36. The number of ether oxygens (including phenoxy) is 1. The molecule has 2 aromatic carbocycles. The van der Waals surface area contributed by atoms with Crippen molar-refractivity contribution in [1.82, 2.24) is 10.2 Å². The third-order valence-electron chi connectivity index (χ3n) is 4.33. The van der Waals surface area contributed by atoms with Gasteiger partial charge < -0.3 is 15.0 Å². The minimum absolute atomic E-state index is 0.211. The fourth-order valence-electron chi connectivity index (χ4n) is 2.92. The maximum atomic E-state index is 12.6. The van der Waals surface area contributed by atoms with E-state index in [0.29, 0.717) is 31.0 Å². The molecule has 3 rings (SSSR count). The van der Waals surface area contributed by atoms with Crippen LogP contribution in [0.1, 0.15) is 6.42 Å². The van der Waals surface area contributed by atoms with Crippen LogP contribution in [0.5, 0.6) is 5.75 Å². The van der Waals surface area contributed by atoms with E-state index in [1.54, 1.807) is 35.2 Å². The quantitative estimate of drug-likeness (QED) is 0.788. The summed E-state index contributed by atoms with van der Waals surface area (Å²) in [5, 5.41) is 2.21. The molecule has 1 aliphatic rings. The zero-order valence-electron chi connectivity index (χ0n) is 14.4. The molecular weight excluding hydrogens is 352 g/mol. The Hall–Kier alpha value is -2.54. The van der Waals surface area contributed by atoms with Crippen LogP contribution in [0.3, 0.4) is 0 Å². The number of rotatable bonds is 6. The number of benzene rings is 2. The van der Waals surface area contributed by atoms with Gasteiger partial charge in [0, 0.05) is 13.1 Å². The molecule has 0 aliphatic carbocycles. The van der Waals surface area contributed by atoms with Crippen molar-refractivity contribution in [3.63, 3.8) is 0 Å². The Labute approximate surface area is 153 Å². The lowest BCUT2D eigenvalue weighted by atomic mass is 10.3. The van der Waals surface area contributed by atoms with Crippen molar-refractivity contribution in [1.29, 1.82) is 0 Å². The van der Waals surface area contributed by atoms with Crippen LogP contribution in [0.4, 0.5) is 4.79 Å². The van der Waals surface area contributed by atoms with Gasteiger partial charge >= 0.3 is 6.03 Å². The summed E-state index contributed by atoms with van der Waals surface area (Å²) < 4.78 is 30.8. The summed E-state index contributed by atoms with van der Waals surface area (Å²) in [5.74, 6) is 0.747. The monoisotopic (exact) mass is 374 g/mol. The summed E-state index contributed by atoms with van der Waals surface area (Å²) in [4.78, 5) is 14.1. The van der Waals surface area contributed by atoms with Crippen molar-refractivity contribution in [2.45, 2.75) is 16.6 Å². The maximum Gasteiger partial charge on any atom is 0.317 e. The van der Waals surface area contributed by atoms with Gasteiger partial charge in [-0.25, -0.2) is 13.2 Å². The van der Waals surface area contributed by atoms with Crippen LogP contribution < -0.4 is 10.1 Å². The minimum Gasteiger partial charge on any atom is -0.492 e. The largest absolute Gasteiger partial charge is 0.492 e. The lowest BCUT2D eigenvalue weighted by Gasteiger charge is -2.17. The van der Waals surface area contributed by atoms with Crippen molar-refractivity contribution in [3.8, 4) is 5.75 Å². The average Bonchev–Trinajstić information content (AvgIpc) is 3.18. The SMILES string of the molecule is O=C(NCCOc1ccccc1)N1CCC(S(=O)(=O)c2ccccc2)C1. The first kappa shape index (κ1) is 18.3. The van der Waals surface area contributed by atoms with Gasteiger partial charge in [0.2, 0.25) is 0 Å². The molecule has 1 N–H and O–H groups in total. The molecule has 1 fully saturated rings. The molecule has 2 amide bonds. The topological polar surface area (TPSA) is 75.7 Å². The van der Waals surface area contributed by atoms with Crippen molar-refractivity contribution < 1.29 is 17.9 Å². The van der Waals surface area contributed by atoms with E-state index in [0.717, 1.165) is 5.75 Å². The van der Waals surface area contributed by atoms with Crippen molar-refractivity contribution in [2.75, 3.05) is 26.2 Å². The van der Waals surface area contributed by atoms with E-state index in [1.807, 2.05) is 30.3 Å². The second-order valence-electron chi connectivity index (χ2n) is 6.11. The van der Waals surface area contributed by atoms with Crippen LogP contribution in [0.2, 0.25) is 0 Å². The number of likely N-dealkylation sites (tertiary alicyclic amines) is 1. The van der Waals surface area contributed by atoms with E-state index in [2.05, 4.69) is 5.32 Å². The smallest absolute Gasteiger partial charge is 0.317 e. The fraction of sp³-hybridized carbons (Fsp3) is 0.316. The highest BCUT2D eigenvalue weighted by molar-refractivity contribution is 7.92.